The lowest BCUT2D eigenvalue weighted by Crippen LogP contribution is -2.47. The van der Waals surface area contributed by atoms with Crippen molar-refractivity contribution in [2.24, 2.45) is 5.92 Å². The Morgan fingerprint density at radius 3 is 2.35 bits per heavy atom. The first-order valence-electron chi connectivity index (χ1n) is 10.1. The second kappa shape index (κ2) is 10.1. The molecular weight excluding hydrogens is 420 g/mol. The number of ether oxygens (including phenoxy) is 2. The van der Waals surface area contributed by atoms with Gasteiger partial charge >= 0.3 is 0 Å². The number of nitrogens with one attached hydrogen (secondary N) is 2. The largest absolute Gasteiger partial charge is 0.497 e. The number of rotatable bonds is 8. The van der Waals surface area contributed by atoms with Crippen LogP contribution in [0, 0.1) is 5.92 Å². The number of carbonyl (C=O) groups is 1. The minimum atomic E-state index is -3.89. The number of hydrogen-bond donors (Lipinski definition) is 2. The van der Waals surface area contributed by atoms with E-state index in [9.17, 15) is 13.2 Å². The summed E-state index contributed by atoms with van der Waals surface area (Å²) in [4.78, 5) is 19.4. The summed E-state index contributed by atoms with van der Waals surface area (Å²) in [5.41, 5.74) is 0.497. The van der Waals surface area contributed by atoms with Crippen LogP contribution in [0.2, 0.25) is 0 Å². The van der Waals surface area contributed by atoms with E-state index in [-0.39, 0.29) is 10.8 Å². The molecule has 9 nitrogen and oxygen atoms in total. The number of morpholine rings is 1. The molecule has 168 valence electrons. The quantitative estimate of drug-likeness (QED) is 0.634. The molecule has 0 radical (unpaired) electrons. The number of methoxy groups -OCH3 is 1. The minimum absolute atomic E-state index is 0.0586. The number of carbonyl (C=O) groups excluding carboxylic acids is 1. The van der Waals surface area contributed by atoms with E-state index < -0.39 is 22.0 Å². The van der Waals surface area contributed by atoms with Crippen LogP contribution in [0.25, 0.3) is 0 Å². The topological polar surface area (TPSA) is 110 Å². The predicted octanol–water partition coefficient (Wildman–Crippen LogP) is 1.87. The van der Waals surface area contributed by atoms with Crippen LogP contribution in [0.15, 0.2) is 47.5 Å². The van der Waals surface area contributed by atoms with Gasteiger partial charge in [-0.15, -0.1) is 0 Å². The molecule has 1 aromatic carbocycles. The Hall–Kier alpha value is -2.69. The highest BCUT2D eigenvalue weighted by molar-refractivity contribution is 7.89. The molecule has 1 aromatic heterocycles. The highest BCUT2D eigenvalue weighted by Crippen LogP contribution is 2.19. The molecule has 1 aliphatic rings. The van der Waals surface area contributed by atoms with Gasteiger partial charge in [0, 0.05) is 13.1 Å². The smallest absolute Gasteiger partial charge is 0.242 e. The van der Waals surface area contributed by atoms with Crippen LogP contribution in [0.3, 0.4) is 0 Å². The summed E-state index contributed by atoms with van der Waals surface area (Å²) in [6, 6.07) is 8.61. The van der Waals surface area contributed by atoms with Gasteiger partial charge in [0.05, 0.1) is 37.1 Å². The van der Waals surface area contributed by atoms with Crippen molar-refractivity contribution in [2.45, 2.75) is 24.8 Å². The monoisotopic (exact) mass is 448 g/mol. The maximum Gasteiger partial charge on any atom is 0.242 e. The van der Waals surface area contributed by atoms with Gasteiger partial charge in [0.25, 0.3) is 0 Å². The number of benzene rings is 1. The van der Waals surface area contributed by atoms with E-state index in [1.807, 2.05) is 6.07 Å². The first-order chi connectivity index (χ1) is 14.8. The molecule has 1 fully saturated rings. The molecule has 10 heteroatoms. The summed E-state index contributed by atoms with van der Waals surface area (Å²) in [6.45, 7) is 6.40. The molecule has 0 saturated carbocycles. The number of nitrogens with zero attached hydrogens (tertiary/aromatic N) is 2. The molecule has 0 aliphatic carbocycles. The fraction of sp³-hybridized carbons (Fsp3) is 0.429. The number of anilines is 2. The Kier molecular flexibility index (Phi) is 7.47. The molecule has 2 N–H and O–H groups in total. The highest BCUT2D eigenvalue weighted by Gasteiger charge is 2.28. The molecule has 1 atom stereocenters. The van der Waals surface area contributed by atoms with Gasteiger partial charge in [0.1, 0.15) is 17.6 Å². The summed E-state index contributed by atoms with van der Waals surface area (Å²) >= 11 is 0. The van der Waals surface area contributed by atoms with Crippen LogP contribution >= 0.6 is 0 Å². The van der Waals surface area contributed by atoms with Crippen molar-refractivity contribution >= 4 is 27.4 Å². The average Bonchev–Trinajstić information content (AvgIpc) is 2.78. The Labute approximate surface area is 182 Å². The fourth-order valence-electron chi connectivity index (χ4n) is 3.14. The number of amides is 1. The first-order valence-corrected chi connectivity index (χ1v) is 11.5. The van der Waals surface area contributed by atoms with Crippen LogP contribution in [0.1, 0.15) is 13.8 Å². The van der Waals surface area contributed by atoms with Crippen molar-refractivity contribution in [1.82, 2.24) is 9.71 Å². The summed E-state index contributed by atoms with van der Waals surface area (Å²) < 4.78 is 38.4. The van der Waals surface area contributed by atoms with Crippen molar-refractivity contribution in [1.29, 1.82) is 0 Å². The van der Waals surface area contributed by atoms with Crippen molar-refractivity contribution in [3.05, 3.63) is 42.6 Å². The lowest BCUT2D eigenvalue weighted by molar-refractivity contribution is -0.118. The second-order valence-corrected chi connectivity index (χ2v) is 9.23. The third-order valence-electron chi connectivity index (χ3n) is 4.95. The van der Waals surface area contributed by atoms with Crippen molar-refractivity contribution in [2.75, 3.05) is 43.6 Å². The predicted molar refractivity (Wildman–Crippen MR) is 118 cm³/mol. The Morgan fingerprint density at radius 1 is 1.13 bits per heavy atom. The van der Waals surface area contributed by atoms with Gasteiger partial charge in [-0.2, -0.15) is 4.72 Å². The Bertz CT molecular complexity index is 972. The molecule has 31 heavy (non-hydrogen) atoms. The lowest BCUT2D eigenvalue weighted by atomic mass is 10.1. The molecule has 2 aromatic rings. The molecule has 1 saturated heterocycles. The number of pyridine rings is 1. The van der Waals surface area contributed by atoms with Crippen molar-refractivity contribution in [3.8, 4) is 5.75 Å². The van der Waals surface area contributed by atoms with Crippen molar-refractivity contribution < 1.29 is 22.7 Å². The fourth-order valence-corrected chi connectivity index (χ4v) is 4.49. The minimum Gasteiger partial charge on any atom is -0.497 e. The third-order valence-corrected chi connectivity index (χ3v) is 6.41. The standard InChI is InChI=1S/C21H28N4O5S/c1-15(2)20(24-31(27,28)18-7-5-17(29-3)6-8-18)21(26)23-16-4-9-19(22-14-16)25-10-12-30-13-11-25/h4-9,14-15,20,24H,10-13H2,1-3H3,(H,23,26)/t20-/m0/s1. The van der Waals surface area contributed by atoms with E-state index in [4.69, 9.17) is 9.47 Å². The zero-order valence-corrected chi connectivity index (χ0v) is 18.7. The van der Waals surface area contributed by atoms with Gasteiger partial charge in [0.2, 0.25) is 15.9 Å². The lowest BCUT2D eigenvalue weighted by Gasteiger charge is -2.27. The summed E-state index contributed by atoms with van der Waals surface area (Å²) in [6.07, 6.45) is 1.57. The zero-order valence-electron chi connectivity index (χ0n) is 17.9. The van der Waals surface area contributed by atoms with Gasteiger partial charge in [-0.3, -0.25) is 4.79 Å². The summed E-state index contributed by atoms with van der Waals surface area (Å²) in [5.74, 6) is 0.633. The van der Waals surface area contributed by atoms with Crippen LogP contribution in [0.5, 0.6) is 5.75 Å². The molecule has 0 spiro atoms. The molecule has 1 amide bonds. The van der Waals surface area contributed by atoms with E-state index in [0.717, 1.165) is 18.9 Å². The first kappa shape index (κ1) is 23.0. The molecule has 0 bridgehead atoms. The Balaban J connectivity index is 1.68. The highest BCUT2D eigenvalue weighted by atomic mass is 32.2. The maximum absolute atomic E-state index is 12.8. The van der Waals surface area contributed by atoms with Gasteiger partial charge in [-0.25, -0.2) is 13.4 Å². The second-order valence-electron chi connectivity index (χ2n) is 7.51. The van der Waals surface area contributed by atoms with E-state index >= 15 is 0 Å². The number of aromatic nitrogens is 1. The van der Waals surface area contributed by atoms with Gasteiger partial charge in [-0.1, -0.05) is 13.8 Å². The SMILES string of the molecule is COc1ccc(S(=O)(=O)N[C@H](C(=O)Nc2ccc(N3CCOCC3)nc2)C(C)C)cc1. The molecule has 0 unspecified atom stereocenters. The van der Waals surface area contributed by atoms with Crippen LogP contribution in [-0.2, 0) is 19.6 Å². The third kappa shape index (κ3) is 5.93. The maximum atomic E-state index is 12.8. The summed E-state index contributed by atoms with van der Waals surface area (Å²) in [7, 11) is -2.39. The number of sulfonamides is 1. The van der Waals surface area contributed by atoms with Gasteiger partial charge in [0.15, 0.2) is 0 Å². The number of hydrogen-bond acceptors (Lipinski definition) is 7. The Morgan fingerprint density at radius 2 is 1.81 bits per heavy atom. The summed E-state index contributed by atoms with van der Waals surface area (Å²) in [5, 5.41) is 2.75. The normalized spacial score (nSPS) is 15.5. The molecule has 3 rings (SSSR count). The van der Waals surface area contributed by atoms with E-state index in [2.05, 4.69) is 19.9 Å². The average molecular weight is 449 g/mol. The molecular formula is C21H28N4O5S. The van der Waals surface area contributed by atoms with E-state index in [1.165, 1.54) is 19.2 Å². The van der Waals surface area contributed by atoms with Gasteiger partial charge in [-0.05, 0) is 42.3 Å². The van der Waals surface area contributed by atoms with Crippen LogP contribution < -0.4 is 19.7 Å². The van der Waals surface area contributed by atoms with Crippen LogP contribution in [-0.4, -0.2) is 58.8 Å². The van der Waals surface area contributed by atoms with E-state index in [1.54, 1.807) is 38.2 Å². The van der Waals surface area contributed by atoms with Crippen molar-refractivity contribution in [3.63, 3.8) is 0 Å². The van der Waals surface area contributed by atoms with E-state index in [0.29, 0.717) is 24.7 Å². The van der Waals surface area contributed by atoms with Crippen LogP contribution in [0.4, 0.5) is 11.5 Å². The molecule has 1 aliphatic heterocycles. The molecule has 2 heterocycles. The zero-order chi connectivity index (χ0) is 22.4. The van der Waals surface area contributed by atoms with Gasteiger partial charge < -0.3 is 19.7 Å².